The van der Waals surface area contributed by atoms with E-state index in [0.29, 0.717) is 34.0 Å². The third-order valence-corrected chi connectivity index (χ3v) is 4.76. The second-order valence-electron chi connectivity index (χ2n) is 5.98. The molecular formula is C21H18Cl3NO. The Bertz CT molecular complexity index is 874. The zero-order valence-electron chi connectivity index (χ0n) is 14.2. The van der Waals surface area contributed by atoms with Crippen molar-refractivity contribution < 1.29 is 4.74 Å². The molecule has 1 N–H and O–H groups in total. The Morgan fingerprint density at radius 1 is 0.846 bits per heavy atom. The van der Waals surface area contributed by atoms with Crippen LogP contribution in [0.1, 0.15) is 16.7 Å². The van der Waals surface area contributed by atoms with E-state index in [1.54, 1.807) is 0 Å². The molecule has 0 atom stereocenters. The number of anilines is 1. The molecule has 0 spiro atoms. The molecule has 0 aliphatic rings. The van der Waals surface area contributed by atoms with Crippen molar-refractivity contribution in [2.45, 2.75) is 20.1 Å². The predicted molar refractivity (Wildman–Crippen MR) is 111 cm³/mol. The minimum absolute atomic E-state index is 0.416. The summed E-state index contributed by atoms with van der Waals surface area (Å²) >= 11 is 18.8. The molecule has 0 aromatic heterocycles. The van der Waals surface area contributed by atoms with Gasteiger partial charge in [0.2, 0.25) is 0 Å². The van der Waals surface area contributed by atoms with E-state index in [4.69, 9.17) is 39.5 Å². The third-order valence-electron chi connectivity index (χ3n) is 3.97. The normalized spacial score (nSPS) is 10.6. The Kier molecular flexibility index (Phi) is 6.31. The Morgan fingerprint density at radius 2 is 1.54 bits per heavy atom. The average molecular weight is 407 g/mol. The molecule has 2 nitrogen and oxygen atoms in total. The van der Waals surface area contributed by atoms with Gasteiger partial charge in [-0.1, -0.05) is 71.2 Å². The van der Waals surface area contributed by atoms with Gasteiger partial charge >= 0.3 is 0 Å². The third kappa shape index (κ3) is 4.85. The Morgan fingerprint density at radius 3 is 2.23 bits per heavy atom. The highest BCUT2D eigenvalue weighted by Gasteiger charge is 2.11. The van der Waals surface area contributed by atoms with Gasteiger partial charge in [-0.05, 0) is 47.9 Å². The molecule has 26 heavy (non-hydrogen) atoms. The summed E-state index contributed by atoms with van der Waals surface area (Å²) in [7, 11) is 0. The van der Waals surface area contributed by atoms with Gasteiger partial charge in [0.1, 0.15) is 6.61 Å². The van der Waals surface area contributed by atoms with Crippen molar-refractivity contribution in [1.82, 2.24) is 0 Å². The first-order valence-corrected chi connectivity index (χ1v) is 9.31. The molecule has 3 aromatic carbocycles. The molecule has 5 heteroatoms. The van der Waals surface area contributed by atoms with Crippen LogP contribution in [0.25, 0.3) is 0 Å². The zero-order valence-corrected chi connectivity index (χ0v) is 16.5. The molecule has 0 saturated heterocycles. The lowest BCUT2D eigenvalue weighted by atomic mass is 10.1. The van der Waals surface area contributed by atoms with E-state index in [-0.39, 0.29) is 0 Å². The van der Waals surface area contributed by atoms with Crippen LogP contribution in [0.3, 0.4) is 0 Å². The largest absolute Gasteiger partial charge is 0.486 e. The van der Waals surface area contributed by atoms with Crippen LogP contribution >= 0.6 is 34.8 Å². The molecule has 0 unspecified atom stereocenters. The van der Waals surface area contributed by atoms with E-state index in [1.807, 2.05) is 67.6 Å². The van der Waals surface area contributed by atoms with Crippen molar-refractivity contribution in [3.63, 3.8) is 0 Å². The summed E-state index contributed by atoms with van der Waals surface area (Å²) in [5.41, 5.74) is 4.12. The van der Waals surface area contributed by atoms with Crippen molar-refractivity contribution in [2.75, 3.05) is 5.32 Å². The monoisotopic (exact) mass is 405 g/mol. The molecule has 0 bridgehead atoms. The van der Waals surface area contributed by atoms with Crippen molar-refractivity contribution >= 4 is 40.5 Å². The SMILES string of the molecule is Cc1ccc(Cl)cc1NCc1cc(Cl)c(OCc2ccccc2)c(Cl)c1. The van der Waals surface area contributed by atoms with E-state index in [0.717, 1.165) is 22.4 Å². The van der Waals surface area contributed by atoms with Crippen LogP contribution in [-0.4, -0.2) is 0 Å². The van der Waals surface area contributed by atoms with E-state index < -0.39 is 0 Å². The number of ether oxygens (including phenoxy) is 1. The summed E-state index contributed by atoms with van der Waals surface area (Å²) in [4.78, 5) is 0. The summed E-state index contributed by atoms with van der Waals surface area (Å²) in [6.45, 7) is 3.03. The highest BCUT2D eigenvalue weighted by Crippen LogP contribution is 2.35. The fourth-order valence-electron chi connectivity index (χ4n) is 2.56. The van der Waals surface area contributed by atoms with Crippen molar-refractivity contribution in [3.05, 3.63) is 92.4 Å². The molecule has 0 heterocycles. The van der Waals surface area contributed by atoms with Crippen LogP contribution in [0, 0.1) is 6.92 Å². The van der Waals surface area contributed by atoms with Crippen LogP contribution in [0.4, 0.5) is 5.69 Å². The maximum atomic E-state index is 6.38. The maximum absolute atomic E-state index is 6.38. The maximum Gasteiger partial charge on any atom is 0.156 e. The second-order valence-corrected chi connectivity index (χ2v) is 7.23. The lowest BCUT2D eigenvalue weighted by Crippen LogP contribution is -2.02. The molecule has 3 aromatic rings. The molecule has 0 aliphatic carbocycles. The zero-order chi connectivity index (χ0) is 18.5. The minimum atomic E-state index is 0.416. The first-order valence-electron chi connectivity index (χ1n) is 8.17. The summed E-state index contributed by atoms with van der Waals surface area (Å²) in [6.07, 6.45) is 0. The number of benzene rings is 3. The van der Waals surface area contributed by atoms with Gasteiger partial charge < -0.3 is 10.1 Å². The molecule has 0 fully saturated rings. The van der Waals surface area contributed by atoms with Gasteiger partial charge in [-0.3, -0.25) is 0 Å². The highest BCUT2D eigenvalue weighted by molar-refractivity contribution is 6.37. The smallest absolute Gasteiger partial charge is 0.156 e. The molecule has 3 rings (SSSR count). The molecular weight excluding hydrogens is 389 g/mol. The Balaban J connectivity index is 1.69. The van der Waals surface area contributed by atoms with Gasteiger partial charge in [-0.15, -0.1) is 0 Å². The molecule has 0 amide bonds. The van der Waals surface area contributed by atoms with Crippen LogP contribution in [-0.2, 0) is 13.2 Å². The number of hydrogen-bond donors (Lipinski definition) is 1. The first kappa shape index (κ1) is 18.9. The summed E-state index contributed by atoms with van der Waals surface area (Å²) in [5.74, 6) is 0.500. The quantitative estimate of drug-likeness (QED) is 0.469. The first-order chi connectivity index (χ1) is 12.5. The summed E-state index contributed by atoms with van der Waals surface area (Å²) in [6, 6.07) is 19.4. The van der Waals surface area contributed by atoms with Gasteiger partial charge in [0.25, 0.3) is 0 Å². The van der Waals surface area contributed by atoms with E-state index in [2.05, 4.69) is 5.32 Å². The predicted octanol–water partition coefficient (Wildman–Crippen LogP) is 7.15. The lowest BCUT2D eigenvalue weighted by molar-refractivity contribution is 0.306. The van der Waals surface area contributed by atoms with Gasteiger partial charge in [0.15, 0.2) is 5.75 Å². The van der Waals surface area contributed by atoms with Crippen LogP contribution in [0.2, 0.25) is 15.1 Å². The minimum Gasteiger partial charge on any atom is -0.486 e. The number of hydrogen-bond acceptors (Lipinski definition) is 2. The van der Waals surface area contributed by atoms with E-state index in [9.17, 15) is 0 Å². The number of halogens is 3. The van der Waals surface area contributed by atoms with Gasteiger partial charge in [0.05, 0.1) is 10.0 Å². The van der Waals surface area contributed by atoms with Crippen molar-refractivity contribution in [1.29, 1.82) is 0 Å². The second kappa shape index (κ2) is 8.68. The van der Waals surface area contributed by atoms with Crippen LogP contribution in [0.5, 0.6) is 5.75 Å². The van der Waals surface area contributed by atoms with E-state index in [1.165, 1.54) is 0 Å². The average Bonchev–Trinajstić information content (AvgIpc) is 2.62. The molecule has 0 aliphatic heterocycles. The molecule has 134 valence electrons. The Labute approximate surface area is 168 Å². The van der Waals surface area contributed by atoms with Gasteiger partial charge in [-0.2, -0.15) is 0 Å². The summed E-state index contributed by atoms with van der Waals surface area (Å²) in [5, 5.41) is 5.04. The summed E-state index contributed by atoms with van der Waals surface area (Å²) < 4.78 is 5.80. The Hall–Kier alpha value is -1.87. The fraction of sp³-hybridized carbons (Fsp3) is 0.143. The number of aryl methyl sites for hydroxylation is 1. The fourth-order valence-corrected chi connectivity index (χ4v) is 3.38. The molecule has 0 saturated carbocycles. The van der Waals surface area contributed by atoms with E-state index >= 15 is 0 Å². The standard InChI is InChI=1S/C21H18Cl3NO/c1-14-7-8-17(22)11-20(14)25-12-16-9-18(23)21(19(24)10-16)26-13-15-5-3-2-4-6-15/h2-11,25H,12-13H2,1H3. The van der Waals surface area contributed by atoms with Crippen molar-refractivity contribution in [2.24, 2.45) is 0 Å². The van der Waals surface area contributed by atoms with Gasteiger partial charge in [-0.25, -0.2) is 0 Å². The highest BCUT2D eigenvalue weighted by atomic mass is 35.5. The number of rotatable bonds is 6. The van der Waals surface area contributed by atoms with Crippen LogP contribution < -0.4 is 10.1 Å². The van der Waals surface area contributed by atoms with Gasteiger partial charge in [0, 0.05) is 17.3 Å². The van der Waals surface area contributed by atoms with Crippen molar-refractivity contribution in [3.8, 4) is 5.75 Å². The lowest BCUT2D eigenvalue weighted by Gasteiger charge is -2.14. The number of nitrogens with one attached hydrogen (secondary N) is 1. The topological polar surface area (TPSA) is 21.3 Å². The molecule has 0 radical (unpaired) electrons. The van der Waals surface area contributed by atoms with Crippen LogP contribution in [0.15, 0.2) is 60.7 Å².